The van der Waals surface area contributed by atoms with Crippen LogP contribution in [0, 0.1) is 0 Å². The van der Waals surface area contributed by atoms with E-state index in [-0.39, 0.29) is 10.8 Å². The van der Waals surface area contributed by atoms with E-state index < -0.39 is 5.91 Å². The molecule has 4 N–H and O–H groups in total. The van der Waals surface area contributed by atoms with Crippen LogP contribution in [0.2, 0.25) is 10.0 Å². The molecule has 1 amide bonds. The zero-order valence-electron chi connectivity index (χ0n) is 10.4. The van der Waals surface area contributed by atoms with Gasteiger partial charge in [-0.3, -0.25) is 4.79 Å². The first-order valence-electron chi connectivity index (χ1n) is 5.78. The van der Waals surface area contributed by atoms with Gasteiger partial charge in [0.15, 0.2) is 0 Å². The highest BCUT2D eigenvalue weighted by atomic mass is 35.5. The number of amides is 1. The number of benzene rings is 2. The van der Waals surface area contributed by atoms with Crippen molar-refractivity contribution in [2.75, 3.05) is 5.32 Å². The molecule has 0 aromatic heterocycles. The molecule has 0 atom stereocenters. The molecule has 0 heterocycles. The second kappa shape index (κ2) is 6.03. The van der Waals surface area contributed by atoms with Crippen LogP contribution in [0.5, 0.6) is 5.75 Å². The Morgan fingerprint density at radius 3 is 2.45 bits per heavy atom. The number of nitrogens with one attached hydrogen (secondary N) is 1. The number of halogens is 2. The fourth-order valence-corrected chi connectivity index (χ4v) is 2.24. The summed E-state index contributed by atoms with van der Waals surface area (Å²) in [7, 11) is 0. The molecule has 0 unspecified atom stereocenters. The number of nitrogens with two attached hydrogens (primary N) is 1. The fourth-order valence-electron chi connectivity index (χ4n) is 1.70. The maximum Gasteiger partial charge on any atom is 0.248 e. The summed E-state index contributed by atoms with van der Waals surface area (Å²) in [5.41, 5.74) is 6.96. The number of phenols is 1. The van der Waals surface area contributed by atoms with Gasteiger partial charge in [-0.2, -0.15) is 0 Å². The van der Waals surface area contributed by atoms with Crippen LogP contribution in [-0.4, -0.2) is 11.0 Å². The Morgan fingerprint density at radius 1 is 1.20 bits per heavy atom. The second-order valence-corrected chi connectivity index (χ2v) is 5.03. The van der Waals surface area contributed by atoms with Gasteiger partial charge in [0.05, 0.1) is 5.02 Å². The van der Waals surface area contributed by atoms with Gasteiger partial charge in [0.25, 0.3) is 0 Å². The lowest BCUT2D eigenvalue weighted by molar-refractivity contribution is 0.100. The largest absolute Gasteiger partial charge is 0.506 e. The van der Waals surface area contributed by atoms with Crippen LogP contribution in [0.25, 0.3) is 0 Å². The number of primary amides is 1. The third kappa shape index (κ3) is 3.35. The van der Waals surface area contributed by atoms with E-state index >= 15 is 0 Å². The molecule has 104 valence electrons. The monoisotopic (exact) mass is 310 g/mol. The van der Waals surface area contributed by atoms with Crippen LogP contribution in [0.4, 0.5) is 5.69 Å². The number of hydrogen-bond donors (Lipinski definition) is 3. The quantitative estimate of drug-likeness (QED) is 0.810. The summed E-state index contributed by atoms with van der Waals surface area (Å²) in [6.45, 7) is 0.349. The molecule has 0 bridgehead atoms. The Hall–Kier alpha value is -1.91. The number of hydrogen-bond acceptors (Lipinski definition) is 3. The summed E-state index contributed by atoms with van der Waals surface area (Å²) in [5.74, 6) is -0.479. The first-order chi connectivity index (χ1) is 9.47. The van der Waals surface area contributed by atoms with Crippen molar-refractivity contribution in [3.8, 4) is 5.75 Å². The maximum atomic E-state index is 11.0. The first kappa shape index (κ1) is 14.5. The minimum Gasteiger partial charge on any atom is -0.506 e. The zero-order valence-corrected chi connectivity index (χ0v) is 11.9. The average molecular weight is 311 g/mol. The van der Waals surface area contributed by atoms with Gasteiger partial charge in [-0.1, -0.05) is 23.2 Å². The van der Waals surface area contributed by atoms with Crippen molar-refractivity contribution < 1.29 is 9.90 Å². The number of carbonyl (C=O) groups is 1. The summed E-state index contributed by atoms with van der Waals surface area (Å²) in [6.07, 6.45) is 0. The molecule has 0 aliphatic carbocycles. The van der Waals surface area contributed by atoms with E-state index in [1.165, 1.54) is 6.07 Å². The normalized spacial score (nSPS) is 10.3. The van der Waals surface area contributed by atoms with Crippen LogP contribution in [0.3, 0.4) is 0 Å². The lowest BCUT2D eigenvalue weighted by Crippen LogP contribution is -2.10. The van der Waals surface area contributed by atoms with E-state index in [4.69, 9.17) is 28.9 Å². The van der Waals surface area contributed by atoms with E-state index in [0.717, 1.165) is 5.69 Å². The van der Waals surface area contributed by atoms with Gasteiger partial charge in [-0.15, -0.1) is 0 Å². The summed E-state index contributed by atoms with van der Waals surface area (Å²) in [5, 5.41) is 13.6. The smallest absolute Gasteiger partial charge is 0.248 e. The molecule has 6 heteroatoms. The number of anilines is 1. The third-order valence-corrected chi connectivity index (χ3v) is 3.27. The molecule has 2 aromatic rings. The highest BCUT2D eigenvalue weighted by Gasteiger charge is 2.08. The number of aromatic hydroxyl groups is 1. The second-order valence-electron chi connectivity index (χ2n) is 4.19. The Morgan fingerprint density at radius 2 is 1.85 bits per heavy atom. The standard InChI is InChI=1S/C14H12Cl2N2O2/c15-10-5-9(13(19)12(16)6-10)7-18-11-3-1-8(2-4-11)14(17)20/h1-6,18-19H,7H2,(H2,17,20). The Bertz CT molecular complexity index is 642. The molecule has 2 aromatic carbocycles. The topological polar surface area (TPSA) is 75.4 Å². The van der Waals surface area contributed by atoms with E-state index in [9.17, 15) is 9.90 Å². The zero-order chi connectivity index (χ0) is 14.7. The Balaban J connectivity index is 2.11. The summed E-state index contributed by atoms with van der Waals surface area (Å²) >= 11 is 11.7. The first-order valence-corrected chi connectivity index (χ1v) is 6.53. The Kier molecular flexibility index (Phi) is 4.37. The molecule has 0 saturated heterocycles. The molecule has 0 saturated carbocycles. The molecule has 0 fully saturated rings. The van der Waals surface area contributed by atoms with E-state index in [1.54, 1.807) is 30.3 Å². The highest BCUT2D eigenvalue weighted by molar-refractivity contribution is 6.35. The van der Waals surface area contributed by atoms with Crippen molar-refractivity contribution in [1.82, 2.24) is 0 Å². The predicted molar refractivity (Wildman–Crippen MR) is 80.4 cm³/mol. The molecule has 0 spiro atoms. The predicted octanol–water partition coefficient (Wildman–Crippen LogP) is 3.41. The summed E-state index contributed by atoms with van der Waals surface area (Å²) in [6, 6.07) is 9.80. The van der Waals surface area contributed by atoms with Crippen LogP contribution in [-0.2, 0) is 6.54 Å². The molecule has 4 nitrogen and oxygen atoms in total. The third-order valence-electron chi connectivity index (χ3n) is 2.76. The van der Waals surface area contributed by atoms with Gasteiger partial charge in [-0.25, -0.2) is 0 Å². The molecular formula is C14H12Cl2N2O2. The van der Waals surface area contributed by atoms with Gasteiger partial charge in [-0.05, 0) is 36.4 Å². The van der Waals surface area contributed by atoms with E-state index in [1.807, 2.05) is 0 Å². The lowest BCUT2D eigenvalue weighted by atomic mass is 10.1. The SMILES string of the molecule is NC(=O)c1ccc(NCc2cc(Cl)cc(Cl)c2O)cc1. The van der Waals surface area contributed by atoms with Gasteiger partial charge in [0, 0.05) is 28.4 Å². The van der Waals surface area contributed by atoms with Crippen molar-refractivity contribution >= 4 is 34.8 Å². The molecule has 0 radical (unpaired) electrons. The van der Waals surface area contributed by atoms with Crippen LogP contribution in [0.1, 0.15) is 15.9 Å². The minimum absolute atomic E-state index is 0.00248. The number of carbonyl (C=O) groups excluding carboxylic acids is 1. The number of phenolic OH excluding ortho intramolecular Hbond substituents is 1. The van der Waals surface area contributed by atoms with Gasteiger partial charge >= 0.3 is 0 Å². The molecular weight excluding hydrogens is 299 g/mol. The molecule has 0 aliphatic rings. The van der Waals surface area contributed by atoms with Gasteiger partial charge in [0.1, 0.15) is 5.75 Å². The highest BCUT2D eigenvalue weighted by Crippen LogP contribution is 2.31. The molecule has 0 aliphatic heterocycles. The van der Waals surface area contributed by atoms with Crippen molar-refractivity contribution in [3.05, 3.63) is 57.6 Å². The van der Waals surface area contributed by atoms with Crippen LogP contribution < -0.4 is 11.1 Å². The van der Waals surface area contributed by atoms with Crippen LogP contribution in [0.15, 0.2) is 36.4 Å². The number of rotatable bonds is 4. The summed E-state index contributed by atoms with van der Waals surface area (Å²) < 4.78 is 0. The van der Waals surface area contributed by atoms with Crippen molar-refractivity contribution in [2.24, 2.45) is 5.73 Å². The van der Waals surface area contributed by atoms with Crippen molar-refractivity contribution in [2.45, 2.75) is 6.54 Å². The van der Waals surface area contributed by atoms with Crippen molar-refractivity contribution in [3.63, 3.8) is 0 Å². The van der Waals surface area contributed by atoms with Gasteiger partial charge in [0.2, 0.25) is 5.91 Å². The van der Waals surface area contributed by atoms with Crippen LogP contribution >= 0.6 is 23.2 Å². The van der Waals surface area contributed by atoms with Crippen molar-refractivity contribution in [1.29, 1.82) is 0 Å². The van der Waals surface area contributed by atoms with E-state index in [2.05, 4.69) is 5.32 Å². The molecule has 20 heavy (non-hydrogen) atoms. The molecule has 2 rings (SSSR count). The maximum absolute atomic E-state index is 11.0. The average Bonchev–Trinajstić information content (AvgIpc) is 2.41. The lowest BCUT2D eigenvalue weighted by Gasteiger charge is -2.10. The summed E-state index contributed by atoms with van der Waals surface area (Å²) in [4.78, 5) is 11.0. The van der Waals surface area contributed by atoms with Gasteiger partial charge < -0.3 is 16.2 Å². The minimum atomic E-state index is -0.476. The van der Waals surface area contributed by atoms with E-state index in [0.29, 0.717) is 22.7 Å². The Labute approximate surface area is 126 Å². The fraction of sp³-hybridized carbons (Fsp3) is 0.0714.